The number of amides is 1. The highest BCUT2D eigenvalue weighted by Crippen LogP contribution is 2.22. The van der Waals surface area contributed by atoms with Crippen molar-refractivity contribution >= 4 is 39.2 Å². The number of esters is 1. The molecule has 9 nitrogen and oxygen atoms in total. The summed E-state index contributed by atoms with van der Waals surface area (Å²) in [6, 6.07) is 13.1. The number of carbonyl (C=O) groups is 2. The predicted molar refractivity (Wildman–Crippen MR) is 134 cm³/mol. The van der Waals surface area contributed by atoms with Crippen LogP contribution in [-0.2, 0) is 31.7 Å². The highest BCUT2D eigenvalue weighted by Gasteiger charge is 2.21. The zero-order chi connectivity index (χ0) is 25.6. The molecule has 0 radical (unpaired) electrons. The van der Waals surface area contributed by atoms with Crippen molar-refractivity contribution in [2.45, 2.75) is 56.1 Å². The van der Waals surface area contributed by atoms with E-state index in [0.717, 1.165) is 5.56 Å². The van der Waals surface area contributed by atoms with Gasteiger partial charge in [0.05, 0.1) is 22.3 Å². The number of nitrogens with zero attached hydrogens (tertiary/aromatic N) is 3. The molecule has 0 fully saturated rings. The van der Waals surface area contributed by atoms with Gasteiger partial charge in [-0.05, 0) is 64.1 Å². The van der Waals surface area contributed by atoms with E-state index in [-0.39, 0.29) is 28.4 Å². The molecule has 0 saturated carbocycles. The fourth-order valence-electron chi connectivity index (χ4n) is 3.15. The number of thioether (sulfide) groups is 1. The molecule has 0 bridgehead atoms. The van der Waals surface area contributed by atoms with E-state index >= 15 is 0 Å². The average Bonchev–Trinajstić information content (AvgIpc) is 3.18. The highest BCUT2D eigenvalue weighted by molar-refractivity contribution is 7.99. The van der Waals surface area contributed by atoms with Gasteiger partial charge in [-0.15, -0.1) is 10.2 Å². The van der Waals surface area contributed by atoms with Crippen molar-refractivity contribution in [2.75, 3.05) is 11.1 Å². The van der Waals surface area contributed by atoms with Crippen LogP contribution < -0.4 is 5.32 Å². The van der Waals surface area contributed by atoms with Crippen LogP contribution in [0.2, 0.25) is 0 Å². The smallest absolute Gasteiger partial charge is 0.338 e. The summed E-state index contributed by atoms with van der Waals surface area (Å²) in [5.74, 6) is -0.603. The van der Waals surface area contributed by atoms with E-state index in [9.17, 15) is 18.0 Å². The fraction of sp³-hybridized carbons (Fsp3) is 0.333. The van der Waals surface area contributed by atoms with Gasteiger partial charge < -0.3 is 14.6 Å². The maximum atomic E-state index is 12.8. The number of benzene rings is 2. The fourth-order valence-corrected chi connectivity index (χ4v) is 5.24. The molecule has 1 N–H and O–H groups in total. The first kappa shape index (κ1) is 26.4. The van der Waals surface area contributed by atoms with Crippen molar-refractivity contribution < 1.29 is 22.7 Å². The lowest BCUT2D eigenvalue weighted by Crippen LogP contribution is -2.15. The van der Waals surface area contributed by atoms with E-state index in [2.05, 4.69) is 15.5 Å². The summed E-state index contributed by atoms with van der Waals surface area (Å²) in [4.78, 5) is 24.6. The minimum atomic E-state index is -3.58. The normalized spacial score (nSPS) is 11.5. The van der Waals surface area contributed by atoms with Crippen LogP contribution in [0.5, 0.6) is 0 Å². The Morgan fingerprint density at radius 2 is 1.71 bits per heavy atom. The van der Waals surface area contributed by atoms with Crippen LogP contribution in [-0.4, -0.2) is 46.9 Å². The number of ether oxygens (including phenoxy) is 1. The number of hydrogen-bond donors (Lipinski definition) is 1. The lowest BCUT2D eigenvalue weighted by molar-refractivity contribution is -0.113. The molecule has 0 unspecified atom stereocenters. The molecule has 0 spiro atoms. The summed E-state index contributed by atoms with van der Waals surface area (Å²) in [7, 11) is -3.58. The van der Waals surface area contributed by atoms with Gasteiger partial charge in [-0.3, -0.25) is 4.79 Å². The number of aryl methyl sites for hydroxylation is 1. The van der Waals surface area contributed by atoms with Crippen molar-refractivity contribution in [3.05, 3.63) is 65.5 Å². The zero-order valence-corrected chi connectivity index (χ0v) is 21.6. The lowest BCUT2D eigenvalue weighted by atomic mass is 10.2. The molecule has 35 heavy (non-hydrogen) atoms. The van der Waals surface area contributed by atoms with Crippen molar-refractivity contribution in [3.8, 4) is 0 Å². The van der Waals surface area contributed by atoms with Gasteiger partial charge in [0.2, 0.25) is 5.91 Å². The molecule has 3 rings (SSSR count). The Morgan fingerprint density at radius 1 is 1.06 bits per heavy atom. The lowest BCUT2D eigenvalue weighted by Gasteiger charge is -2.10. The minimum Gasteiger partial charge on any atom is -0.459 e. The van der Waals surface area contributed by atoms with Crippen LogP contribution >= 0.6 is 11.8 Å². The van der Waals surface area contributed by atoms with E-state index in [1.54, 1.807) is 66.9 Å². The number of aromatic nitrogens is 3. The molecule has 1 heterocycles. The van der Waals surface area contributed by atoms with Crippen LogP contribution in [0.1, 0.15) is 42.5 Å². The van der Waals surface area contributed by atoms with Crippen LogP contribution in [0.15, 0.2) is 58.6 Å². The Balaban J connectivity index is 1.60. The second-order valence-corrected chi connectivity index (χ2v) is 11.0. The third kappa shape index (κ3) is 7.15. The standard InChI is InChI=1S/C24H28N4O5S2/c1-5-28-21(15-35(31,32)20-12-6-17(4)7-13-20)26-27-24(28)34-14-22(29)25-19-10-8-18(9-11-19)23(30)33-16(2)3/h6-13,16H,5,14-15H2,1-4H3,(H,25,29). The monoisotopic (exact) mass is 516 g/mol. The highest BCUT2D eigenvalue weighted by atomic mass is 32.2. The molecule has 0 atom stereocenters. The van der Waals surface area contributed by atoms with Gasteiger partial charge in [-0.1, -0.05) is 29.5 Å². The Kier molecular flexibility index (Phi) is 8.68. The molecule has 1 amide bonds. The molecule has 0 aliphatic heterocycles. The van der Waals surface area contributed by atoms with Gasteiger partial charge in [0, 0.05) is 12.2 Å². The van der Waals surface area contributed by atoms with Gasteiger partial charge in [-0.25, -0.2) is 13.2 Å². The van der Waals surface area contributed by atoms with Crippen LogP contribution in [0.25, 0.3) is 0 Å². The van der Waals surface area contributed by atoms with E-state index in [1.165, 1.54) is 11.8 Å². The molecule has 3 aromatic rings. The van der Waals surface area contributed by atoms with Crippen LogP contribution in [0.4, 0.5) is 5.69 Å². The van der Waals surface area contributed by atoms with Gasteiger partial charge in [0.1, 0.15) is 11.6 Å². The van der Waals surface area contributed by atoms with Crippen molar-refractivity contribution in [1.82, 2.24) is 14.8 Å². The number of anilines is 1. The molecular formula is C24H28N4O5S2. The third-order valence-electron chi connectivity index (χ3n) is 4.89. The molecule has 186 valence electrons. The predicted octanol–water partition coefficient (Wildman–Crippen LogP) is 3.88. The number of rotatable bonds is 10. The average molecular weight is 517 g/mol. The topological polar surface area (TPSA) is 120 Å². The first-order valence-corrected chi connectivity index (χ1v) is 13.7. The number of carbonyl (C=O) groups excluding carboxylic acids is 2. The second kappa shape index (κ2) is 11.5. The molecule has 1 aromatic heterocycles. The summed E-state index contributed by atoms with van der Waals surface area (Å²) < 4.78 is 32.4. The maximum Gasteiger partial charge on any atom is 0.338 e. The van der Waals surface area contributed by atoms with Crippen molar-refractivity contribution in [1.29, 1.82) is 0 Å². The molecule has 2 aromatic carbocycles. The second-order valence-electron chi connectivity index (χ2n) is 8.08. The number of nitrogens with one attached hydrogen (secondary N) is 1. The largest absolute Gasteiger partial charge is 0.459 e. The SMILES string of the molecule is CCn1c(CS(=O)(=O)c2ccc(C)cc2)nnc1SCC(=O)Nc1ccc(C(=O)OC(C)C)cc1. The van der Waals surface area contributed by atoms with E-state index in [0.29, 0.717) is 28.8 Å². The maximum absolute atomic E-state index is 12.8. The van der Waals surface area contributed by atoms with Gasteiger partial charge in [-0.2, -0.15) is 0 Å². The van der Waals surface area contributed by atoms with Gasteiger partial charge in [0.25, 0.3) is 0 Å². The summed E-state index contributed by atoms with van der Waals surface area (Å²) in [6.07, 6.45) is -0.215. The first-order chi connectivity index (χ1) is 16.6. The Bertz CT molecular complexity index is 1280. The van der Waals surface area contributed by atoms with Gasteiger partial charge in [0.15, 0.2) is 15.0 Å². The van der Waals surface area contributed by atoms with E-state index in [4.69, 9.17) is 4.74 Å². The van der Waals surface area contributed by atoms with Crippen molar-refractivity contribution in [2.24, 2.45) is 0 Å². The number of sulfone groups is 1. The third-order valence-corrected chi connectivity index (χ3v) is 7.48. The van der Waals surface area contributed by atoms with Crippen molar-refractivity contribution in [3.63, 3.8) is 0 Å². The Morgan fingerprint density at radius 3 is 2.31 bits per heavy atom. The molecule has 11 heteroatoms. The van der Waals surface area contributed by atoms with Crippen LogP contribution in [0, 0.1) is 6.92 Å². The summed E-state index contributed by atoms with van der Waals surface area (Å²) in [5, 5.41) is 11.4. The van der Waals surface area contributed by atoms with Crippen LogP contribution in [0.3, 0.4) is 0 Å². The molecule has 0 aliphatic rings. The summed E-state index contributed by atoms with van der Waals surface area (Å²) >= 11 is 1.17. The minimum absolute atomic E-state index is 0.0555. The van der Waals surface area contributed by atoms with Gasteiger partial charge >= 0.3 is 5.97 Å². The molecular weight excluding hydrogens is 488 g/mol. The first-order valence-electron chi connectivity index (χ1n) is 11.0. The summed E-state index contributed by atoms with van der Waals surface area (Å²) in [5.41, 5.74) is 1.91. The molecule has 0 saturated heterocycles. The Hall–Kier alpha value is -3.18. The number of hydrogen-bond acceptors (Lipinski definition) is 8. The van der Waals surface area contributed by atoms with E-state index in [1.807, 2.05) is 13.8 Å². The Labute approximate surface area is 209 Å². The zero-order valence-electron chi connectivity index (χ0n) is 20.0. The quantitative estimate of drug-likeness (QED) is 0.318. The summed E-state index contributed by atoms with van der Waals surface area (Å²) in [6.45, 7) is 7.76. The van der Waals surface area contributed by atoms with E-state index < -0.39 is 15.8 Å². The molecule has 0 aliphatic carbocycles.